The maximum absolute atomic E-state index is 12.0. The Hall–Kier alpha value is -2.84. The Balaban J connectivity index is 1.84. The molecule has 0 saturated heterocycles. The third-order valence-electron chi connectivity index (χ3n) is 4.03. The zero-order valence-corrected chi connectivity index (χ0v) is 14.7. The molecule has 130 valence electrons. The molecule has 5 heteroatoms. The minimum atomic E-state index is -0.290. The summed E-state index contributed by atoms with van der Waals surface area (Å²) in [6, 6.07) is 16.9. The molecule has 2 amide bonds. The van der Waals surface area contributed by atoms with Gasteiger partial charge in [-0.2, -0.15) is 5.26 Å². The molecule has 0 saturated carbocycles. The lowest BCUT2D eigenvalue weighted by atomic mass is 10.1. The Morgan fingerprint density at radius 2 is 1.76 bits per heavy atom. The van der Waals surface area contributed by atoms with E-state index >= 15 is 0 Å². The van der Waals surface area contributed by atoms with E-state index < -0.39 is 0 Å². The van der Waals surface area contributed by atoms with Gasteiger partial charge in [-0.15, -0.1) is 0 Å². The highest BCUT2D eigenvalue weighted by Crippen LogP contribution is 2.10. The Morgan fingerprint density at radius 1 is 1.08 bits per heavy atom. The van der Waals surface area contributed by atoms with E-state index in [1.165, 1.54) is 5.56 Å². The zero-order chi connectivity index (χ0) is 18.1. The van der Waals surface area contributed by atoms with E-state index in [4.69, 9.17) is 5.26 Å². The molecule has 0 fully saturated rings. The van der Waals surface area contributed by atoms with Crippen LogP contribution in [0.5, 0.6) is 0 Å². The number of carbonyl (C=O) groups excluding carboxylic acids is 1. The SMILES string of the molecule is CCN(CC)Cc1ccc(CNC(=O)Nc2cccc(C#N)c2)cc1. The topological polar surface area (TPSA) is 68.2 Å². The largest absolute Gasteiger partial charge is 0.334 e. The van der Waals surface area contributed by atoms with Crippen molar-refractivity contribution in [3.05, 3.63) is 65.2 Å². The summed E-state index contributed by atoms with van der Waals surface area (Å²) in [7, 11) is 0. The maximum Gasteiger partial charge on any atom is 0.319 e. The van der Waals surface area contributed by atoms with Gasteiger partial charge in [-0.3, -0.25) is 4.90 Å². The van der Waals surface area contributed by atoms with Gasteiger partial charge in [0.25, 0.3) is 0 Å². The van der Waals surface area contributed by atoms with Crippen LogP contribution in [0, 0.1) is 11.3 Å². The number of amides is 2. The van der Waals surface area contributed by atoms with Gasteiger partial charge in [-0.1, -0.05) is 44.2 Å². The van der Waals surface area contributed by atoms with Crippen LogP contribution in [-0.2, 0) is 13.1 Å². The van der Waals surface area contributed by atoms with Gasteiger partial charge in [-0.25, -0.2) is 4.79 Å². The molecule has 0 aliphatic rings. The number of urea groups is 1. The predicted octanol–water partition coefficient (Wildman–Crippen LogP) is 3.72. The number of rotatable bonds is 7. The number of nitrogens with one attached hydrogen (secondary N) is 2. The van der Waals surface area contributed by atoms with Crippen LogP contribution < -0.4 is 10.6 Å². The molecular formula is C20H24N4O. The Bertz CT molecular complexity index is 730. The second-order valence-electron chi connectivity index (χ2n) is 5.78. The van der Waals surface area contributed by atoms with Crippen molar-refractivity contribution >= 4 is 11.7 Å². The van der Waals surface area contributed by atoms with Crippen LogP contribution in [0.1, 0.15) is 30.5 Å². The van der Waals surface area contributed by atoms with Gasteiger partial charge in [0.05, 0.1) is 11.6 Å². The van der Waals surface area contributed by atoms with E-state index in [9.17, 15) is 4.79 Å². The minimum absolute atomic E-state index is 0.290. The van der Waals surface area contributed by atoms with Crippen molar-refractivity contribution in [2.75, 3.05) is 18.4 Å². The fourth-order valence-electron chi connectivity index (χ4n) is 2.49. The summed E-state index contributed by atoms with van der Waals surface area (Å²) in [5.41, 5.74) is 3.43. The van der Waals surface area contributed by atoms with Crippen LogP contribution in [0.25, 0.3) is 0 Å². The molecule has 2 aromatic rings. The second kappa shape index (κ2) is 9.45. The molecule has 0 aliphatic heterocycles. The van der Waals surface area contributed by atoms with Crippen molar-refractivity contribution in [3.63, 3.8) is 0 Å². The van der Waals surface area contributed by atoms with Crippen LogP contribution in [0.3, 0.4) is 0 Å². The molecule has 2 rings (SSSR count). The average molecular weight is 336 g/mol. The van der Waals surface area contributed by atoms with Crippen LogP contribution in [0.2, 0.25) is 0 Å². The van der Waals surface area contributed by atoms with Gasteiger partial charge in [-0.05, 0) is 42.4 Å². The summed E-state index contributed by atoms with van der Waals surface area (Å²) in [5.74, 6) is 0. The van der Waals surface area contributed by atoms with E-state index in [-0.39, 0.29) is 6.03 Å². The first-order valence-electron chi connectivity index (χ1n) is 8.49. The minimum Gasteiger partial charge on any atom is -0.334 e. The molecule has 0 aromatic heterocycles. The Labute approximate surface area is 149 Å². The van der Waals surface area contributed by atoms with Gasteiger partial charge in [0.1, 0.15) is 0 Å². The summed E-state index contributed by atoms with van der Waals surface area (Å²) in [5, 5.41) is 14.4. The highest BCUT2D eigenvalue weighted by atomic mass is 16.2. The Kier molecular flexibility index (Phi) is 7.00. The molecule has 0 unspecified atom stereocenters. The van der Waals surface area contributed by atoms with Crippen molar-refractivity contribution in [1.29, 1.82) is 5.26 Å². The van der Waals surface area contributed by atoms with Crippen LogP contribution in [0.15, 0.2) is 48.5 Å². The van der Waals surface area contributed by atoms with Crippen molar-refractivity contribution < 1.29 is 4.79 Å². The van der Waals surface area contributed by atoms with Crippen molar-refractivity contribution in [2.45, 2.75) is 26.9 Å². The molecule has 2 N–H and O–H groups in total. The summed E-state index contributed by atoms with van der Waals surface area (Å²) >= 11 is 0. The summed E-state index contributed by atoms with van der Waals surface area (Å²) in [4.78, 5) is 14.3. The predicted molar refractivity (Wildman–Crippen MR) is 100 cm³/mol. The number of hydrogen-bond donors (Lipinski definition) is 2. The molecule has 0 heterocycles. The second-order valence-corrected chi connectivity index (χ2v) is 5.78. The van der Waals surface area contributed by atoms with Gasteiger partial charge < -0.3 is 10.6 Å². The molecule has 0 bridgehead atoms. The van der Waals surface area contributed by atoms with E-state index in [0.717, 1.165) is 25.2 Å². The van der Waals surface area contributed by atoms with Gasteiger partial charge in [0, 0.05) is 18.8 Å². The molecule has 0 aliphatic carbocycles. The first-order valence-corrected chi connectivity index (χ1v) is 8.49. The van der Waals surface area contributed by atoms with Crippen LogP contribution in [0.4, 0.5) is 10.5 Å². The standard InChI is InChI=1S/C20H24N4O/c1-3-24(4-2)15-17-10-8-16(9-11-17)14-22-20(25)23-19-7-5-6-18(12-19)13-21/h5-12H,3-4,14-15H2,1-2H3,(H2,22,23,25). The fraction of sp³-hybridized carbons (Fsp3) is 0.300. The molecule has 0 spiro atoms. The fourth-order valence-corrected chi connectivity index (χ4v) is 2.49. The summed E-state index contributed by atoms with van der Waals surface area (Å²) in [6.07, 6.45) is 0. The van der Waals surface area contributed by atoms with E-state index in [1.54, 1.807) is 24.3 Å². The number of nitriles is 1. The Morgan fingerprint density at radius 3 is 2.40 bits per heavy atom. The highest BCUT2D eigenvalue weighted by molar-refractivity contribution is 5.89. The molecular weight excluding hydrogens is 312 g/mol. The zero-order valence-electron chi connectivity index (χ0n) is 14.7. The first kappa shape index (κ1) is 18.5. The smallest absolute Gasteiger partial charge is 0.319 e. The highest BCUT2D eigenvalue weighted by Gasteiger charge is 2.04. The molecule has 0 atom stereocenters. The van der Waals surface area contributed by atoms with Crippen LogP contribution >= 0.6 is 0 Å². The quantitative estimate of drug-likeness (QED) is 0.809. The summed E-state index contributed by atoms with van der Waals surface area (Å²) < 4.78 is 0. The number of carbonyl (C=O) groups is 1. The number of nitrogens with zero attached hydrogens (tertiary/aromatic N) is 2. The third kappa shape index (κ3) is 5.94. The van der Waals surface area contributed by atoms with Crippen molar-refractivity contribution in [3.8, 4) is 6.07 Å². The van der Waals surface area contributed by atoms with E-state index in [1.807, 2.05) is 12.1 Å². The average Bonchev–Trinajstić information content (AvgIpc) is 2.65. The molecule has 5 nitrogen and oxygen atoms in total. The lowest BCUT2D eigenvalue weighted by Gasteiger charge is -2.18. The van der Waals surface area contributed by atoms with E-state index in [0.29, 0.717) is 17.8 Å². The van der Waals surface area contributed by atoms with Crippen molar-refractivity contribution in [2.24, 2.45) is 0 Å². The normalized spacial score (nSPS) is 10.3. The lowest BCUT2D eigenvalue weighted by Crippen LogP contribution is -2.28. The van der Waals surface area contributed by atoms with E-state index in [2.05, 4.69) is 47.6 Å². The third-order valence-corrected chi connectivity index (χ3v) is 4.03. The van der Waals surface area contributed by atoms with Gasteiger partial charge in [0.15, 0.2) is 0 Å². The number of benzene rings is 2. The lowest BCUT2D eigenvalue weighted by molar-refractivity contribution is 0.251. The van der Waals surface area contributed by atoms with Crippen molar-refractivity contribution in [1.82, 2.24) is 10.2 Å². The maximum atomic E-state index is 12.0. The first-order chi connectivity index (χ1) is 12.1. The number of anilines is 1. The molecule has 0 radical (unpaired) electrons. The summed E-state index contributed by atoms with van der Waals surface area (Å²) in [6.45, 7) is 7.78. The molecule has 2 aromatic carbocycles. The molecule has 25 heavy (non-hydrogen) atoms. The van der Waals surface area contributed by atoms with Crippen LogP contribution in [-0.4, -0.2) is 24.0 Å². The number of hydrogen-bond acceptors (Lipinski definition) is 3. The monoisotopic (exact) mass is 336 g/mol. The van der Waals surface area contributed by atoms with Gasteiger partial charge in [0.2, 0.25) is 0 Å². The van der Waals surface area contributed by atoms with Gasteiger partial charge >= 0.3 is 6.03 Å².